The third kappa shape index (κ3) is 4.04. The summed E-state index contributed by atoms with van der Waals surface area (Å²) in [5.74, 6) is 0.808. The molecule has 0 spiro atoms. The number of nitrogens with zero attached hydrogens (tertiary/aromatic N) is 5. The highest BCUT2D eigenvalue weighted by Crippen LogP contribution is 2.14. The van der Waals surface area contributed by atoms with Crippen LogP contribution in [-0.2, 0) is 4.74 Å². The van der Waals surface area contributed by atoms with Crippen molar-refractivity contribution in [3.63, 3.8) is 0 Å². The lowest BCUT2D eigenvalue weighted by Crippen LogP contribution is -2.46. The number of carbonyl (C=O) groups is 1. The van der Waals surface area contributed by atoms with Gasteiger partial charge in [0.2, 0.25) is 5.95 Å². The number of carbonyl (C=O) groups excluding carboxylic acids is 1. The molecule has 126 valence electrons. The normalized spacial score (nSPS) is 20.7. The van der Waals surface area contributed by atoms with Crippen molar-refractivity contribution in [2.45, 2.75) is 6.92 Å². The molecule has 3 heterocycles. The topological polar surface area (TPSA) is 61.8 Å². The highest BCUT2D eigenvalue weighted by atomic mass is 16.5. The quantitative estimate of drug-likeness (QED) is 0.727. The molecular weight excluding hydrogens is 294 g/mol. The van der Waals surface area contributed by atoms with Crippen molar-refractivity contribution in [2.24, 2.45) is 0 Å². The van der Waals surface area contributed by atoms with Crippen molar-refractivity contribution in [2.75, 3.05) is 71.0 Å². The fourth-order valence-electron chi connectivity index (χ4n) is 2.94. The molecule has 0 bridgehead atoms. The van der Waals surface area contributed by atoms with Crippen LogP contribution in [0.4, 0.5) is 5.95 Å². The fraction of sp³-hybridized carbons (Fsp3) is 0.688. The molecule has 0 aromatic carbocycles. The molecule has 7 heteroatoms. The van der Waals surface area contributed by atoms with Gasteiger partial charge >= 0.3 is 0 Å². The minimum absolute atomic E-state index is 0.112. The number of anilines is 1. The third-order valence-corrected chi connectivity index (χ3v) is 4.52. The zero-order valence-electron chi connectivity index (χ0n) is 14.0. The molecule has 2 fully saturated rings. The summed E-state index contributed by atoms with van der Waals surface area (Å²) in [4.78, 5) is 28.1. The van der Waals surface area contributed by atoms with Gasteiger partial charge in [-0.2, -0.15) is 0 Å². The highest BCUT2D eigenvalue weighted by molar-refractivity contribution is 5.98. The van der Waals surface area contributed by atoms with Gasteiger partial charge in [0.1, 0.15) is 0 Å². The molecule has 0 N–H and O–H groups in total. The lowest BCUT2D eigenvalue weighted by Gasteiger charge is -2.31. The molecule has 0 saturated carbocycles. The Labute approximate surface area is 137 Å². The van der Waals surface area contributed by atoms with Crippen LogP contribution in [0.1, 0.15) is 16.1 Å². The van der Waals surface area contributed by atoms with Gasteiger partial charge in [-0.1, -0.05) is 0 Å². The van der Waals surface area contributed by atoms with Gasteiger partial charge in [-0.3, -0.25) is 9.69 Å². The van der Waals surface area contributed by atoms with E-state index in [9.17, 15) is 4.79 Å². The standard InChI is InChI=1S/C16H25N5O2/c1-13-14(15(22)12-20-5-3-19(2)4-6-20)11-17-16(18-13)21-7-9-23-10-8-21/h11H,3-10,12H2,1-2H3. The average molecular weight is 319 g/mol. The Kier molecular flexibility index (Phi) is 5.20. The first kappa shape index (κ1) is 16.3. The lowest BCUT2D eigenvalue weighted by molar-refractivity contribution is 0.0875. The van der Waals surface area contributed by atoms with Gasteiger partial charge in [0.05, 0.1) is 31.0 Å². The van der Waals surface area contributed by atoms with Gasteiger partial charge in [-0.15, -0.1) is 0 Å². The molecule has 23 heavy (non-hydrogen) atoms. The summed E-state index contributed by atoms with van der Waals surface area (Å²) in [6, 6.07) is 0. The molecule has 2 saturated heterocycles. The molecule has 3 rings (SSSR count). The highest BCUT2D eigenvalue weighted by Gasteiger charge is 2.20. The number of hydrogen-bond acceptors (Lipinski definition) is 7. The van der Waals surface area contributed by atoms with Crippen molar-refractivity contribution in [3.05, 3.63) is 17.5 Å². The smallest absolute Gasteiger partial charge is 0.225 e. The van der Waals surface area contributed by atoms with E-state index in [-0.39, 0.29) is 5.78 Å². The molecule has 1 aromatic rings. The summed E-state index contributed by atoms with van der Waals surface area (Å²) in [5.41, 5.74) is 1.40. The number of morpholine rings is 1. The molecular formula is C16H25N5O2. The van der Waals surface area contributed by atoms with E-state index in [0.29, 0.717) is 31.3 Å². The number of Topliss-reactive ketones (excluding diaryl/α,β-unsaturated/α-hetero) is 1. The van der Waals surface area contributed by atoms with Crippen LogP contribution in [0, 0.1) is 6.92 Å². The van der Waals surface area contributed by atoms with E-state index in [2.05, 4.69) is 31.7 Å². The molecule has 0 radical (unpaired) electrons. The first-order valence-corrected chi connectivity index (χ1v) is 8.24. The first-order valence-electron chi connectivity index (χ1n) is 8.24. The Bertz CT molecular complexity index is 551. The monoisotopic (exact) mass is 319 g/mol. The summed E-state index contributed by atoms with van der Waals surface area (Å²) >= 11 is 0. The molecule has 0 unspecified atom stereocenters. The maximum Gasteiger partial charge on any atom is 0.225 e. The number of aromatic nitrogens is 2. The summed E-state index contributed by atoms with van der Waals surface area (Å²) in [5, 5.41) is 0. The van der Waals surface area contributed by atoms with Crippen molar-refractivity contribution in [1.82, 2.24) is 19.8 Å². The maximum atomic E-state index is 12.5. The zero-order chi connectivity index (χ0) is 16.2. The van der Waals surface area contributed by atoms with Gasteiger partial charge in [-0.25, -0.2) is 9.97 Å². The second-order valence-electron chi connectivity index (χ2n) is 6.27. The van der Waals surface area contributed by atoms with Gasteiger partial charge in [-0.05, 0) is 14.0 Å². The van der Waals surface area contributed by atoms with Crippen LogP contribution in [0.15, 0.2) is 6.20 Å². The number of ketones is 1. The van der Waals surface area contributed by atoms with Crippen molar-refractivity contribution in [1.29, 1.82) is 0 Å². The summed E-state index contributed by atoms with van der Waals surface area (Å²) in [7, 11) is 2.11. The Morgan fingerprint density at radius 1 is 1.17 bits per heavy atom. The number of rotatable bonds is 4. The van der Waals surface area contributed by atoms with Crippen LogP contribution < -0.4 is 4.90 Å². The van der Waals surface area contributed by atoms with E-state index >= 15 is 0 Å². The van der Waals surface area contributed by atoms with Gasteiger partial charge < -0.3 is 14.5 Å². The zero-order valence-corrected chi connectivity index (χ0v) is 14.0. The van der Waals surface area contributed by atoms with Crippen molar-refractivity contribution in [3.8, 4) is 0 Å². The van der Waals surface area contributed by atoms with Gasteiger partial charge in [0.15, 0.2) is 5.78 Å². The number of aryl methyl sites for hydroxylation is 1. The van der Waals surface area contributed by atoms with Crippen molar-refractivity contribution >= 4 is 11.7 Å². The Balaban J connectivity index is 1.64. The number of likely N-dealkylation sites (N-methyl/N-ethyl adjacent to an activating group) is 1. The van der Waals surface area contributed by atoms with Crippen molar-refractivity contribution < 1.29 is 9.53 Å². The molecule has 7 nitrogen and oxygen atoms in total. The van der Waals surface area contributed by atoms with Crippen LogP contribution in [0.2, 0.25) is 0 Å². The van der Waals surface area contributed by atoms with Crippen LogP contribution in [0.5, 0.6) is 0 Å². The molecule has 1 aromatic heterocycles. The Morgan fingerprint density at radius 3 is 2.52 bits per heavy atom. The van der Waals surface area contributed by atoms with E-state index in [1.165, 1.54) is 0 Å². The minimum atomic E-state index is 0.112. The fourth-order valence-corrected chi connectivity index (χ4v) is 2.94. The summed E-state index contributed by atoms with van der Waals surface area (Å²) in [6.07, 6.45) is 1.69. The number of piperazine rings is 1. The molecule has 2 aliphatic rings. The summed E-state index contributed by atoms with van der Waals surface area (Å²) in [6.45, 7) is 9.25. The molecule has 2 aliphatic heterocycles. The van der Waals surface area contributed by atoms with Crippen LogP contribution in [-0.4, -0.2) is 91.6 Å². The van der Waals surface area contributed by atoms with E-state index < -0.39 is 0 Å². The minimum Gasteiger partial charge on any atom is -0.378 e. The van der Waals surface area contributed by atoms with E-state index in [1.54, 1.807) is 6.20 Å². The Hall–Kier alpha value is -1.57. The predicted molar refractivity (Wildman–Crippen MR) is 88.1 cm³/mol. The summed E-state index contributed by atoms with van der Waals surface area (Å²) < 4.78 is 5.35. The Morgan fingerprint density at radius 2 is 1.87 bits per heavy atom. The largest absolute Gasteiger partial charge is 0.378 e. The second kappa shape index (κ2) is 7.33. The van der Waals surface area contributed by atoms with Crippen LogP contribution in [0.25, 0.3) is 0 Å². The lowest BCUT2D eigenvalue weighted by atomic mass is 10.1. The van der Waals surface area contributed by atoms with E-state index in [1.807, 2.05) is 6.92 Å². The predicted octanol–water partition coefficient (Wildman–Crippen LogP) is 0.0517. The number of ether oxygens (including phenoxy) is 1. The average Bonchev–Trinajstić information content (AvgIpc) is 2.57. The third-order valence-electron chi connectivity index (χ3n) is 4.52. The molecule has 0 aliphatic carbocycles. The van der Waals surface area contributed by atoms with Crippen LogP contribution >= 0.6 is 0 Å². The van der Waals surface area contributed by atoms with Gasteiger partial charge in [0.25, 0.3) is 0 Å². The SMILES string of the molecule is Cc1nc(N2CCOCC2)ncc1C(=O)CN1CCN(C)CC1. The molecule has 0 atom stereocenters. The maximum absolute atomic E-state index is 12.5. The molecule has 0 amide bonds. The van der Waals surface area contributed by atoms with Gasteiger partial charge in [0, 0.05) is 45.5 Å². The number of hydrogen-bond donors (Lipinski definition) is 0. The van der Waals surface area contributed by atoms with Crippen LogP contribution in [0.3, 0.4) is 0 Å². The van der Waals surface area contributed by atoms with E-state index in [0.717, 1.165) is 45.0 Å². The second-order valence-corrected chi connectivity index (χ2v) is 6.27. The first-order chi connectivity index (χ1) is 11.1. The van der Waals surface area contributed by atoms with E-state index in [4.69, 9.17) is 4.74 Å².